The maximum Gasteiger partial charge on any atom is 0.237 e. The van der Waals surface area contributed by atoms with Gasteiger partial charge in [0.15, 0.2) is 5.16 Å². The van der Waals surface area contributed by atoms with E-state index in [0.29, 0.717) is 6.42 Å². The number of carbonyl (C=O) groups is 1. The number of aromatic nitrogens is 3. The summed E-state index contributed by atoms with van der Waals surface area (Å²) in [4.78, 5) is 12.6. The molecule has 5 nitrogen and oxygen atoms in total. The van der Waals surface area contributed by atoms with Crippen molar-refractivity contribution in [1.82, 2.24) is 14.8 Å². The van der Waals surface area contributed by atoms with Gasteiger partial charge in [0.05, 0.1) is 5.25 Å². The number of aryl methyl sites for hydroxylation is 2. The van der Waals surface area contributed by atoms with Gasteiger partial charge in [0.1, 0.15) is 5.82 Å². The van der Waals surface area contributed by atoms with Crippen LogP contribution in [0.3, 0.4) is 0 Å². The number of carbonyl (C=O) groups excluding carboxylic acids is 1. The minimum absolute atomic E-state index is 0.0405. The van der Waals surface area contributed by atoms with Crippen LogP contribution in [-0.2, 0) is 18.3 Å². The van der Waals surface area contributed by atoms with Crippen molar-refractivity contribution < 1.29 is 4.79 Å². The summed E-state index contributed by atoms with van der Waals surface area (Å²) in [5, 5.41) is 12.0. The van der Waals surface area contributed by atoms with Crippen LogP contribution >= 0.6 is 11.8 Å². The first-order valence-electron chi connectivity index (χ1n) is 8.91. The highest BCUT2D eigenvalue weighted by Gasteiger charge is 2.19. The molecule has 0 radical (unpaired) electrons. The first kappa shape index (κ1) is 19.2. The van der Waals surface area contributed by atoms with Crippen molar-refractivity contribution in [2.24, 2.45) is 7.05 Å². The Balaban J connectivity index is 1.66. The van der Waals surface area contributed by atoms with Crippen molar-refractivity contribution >= 4 is 23.4 Å². The lowest BCUT2D eigenvalue weighted by molar-refractivity contribution is -0.115. The average Bonchev–Trinajstić information content (AvgIpc) is 2.99. The zero-order valence-corrected chi connectivity index (χ0v) is 16.9. The van der Waals surface area contributed by atoms with E-state index in [0.717, 1.165) is 27.8 Å². The van der Waals surface area contributed by atoms with Crippen molar-refractivity contribution in [1.29, 1.82) is 0 Å². The van der Waals surface area contributed by atoms with Gasteiger partial charge in [-0.15, -0.1) is 10.2 Å². The van der Waals surface area contributed by atoms with Crippen molar-refractivity contribution in [3.05, 3.63) is 71.0 Å². The molecule has 0 fully saturated rings. The predicted molar refractivity (Wildman–Crippen MR) is 110 cm³/mol. The summed E-state index contributed by atoms with van der Waals surface area (Å²) >= 11 is 1.42. The molecule has 0 aliphatic heterocycles. The van der Waals surface area contributed by atoms with E-state index in [2.05, 4.69) is 27.6 Å². The first-order chi connectivity index (χ1) is 12.9. The van der Waals surface area contributed by atoms with Crippen LogP contribution in [0.2, 0.25) is 0 Å². The Morgan fingerprint density at radius 1 is 1.15 bits per heavy atom. The molecular formula is C21H24N4OS. The van der Waals surface area contributed by atoms with Crippen molar-refractivity contribution in [3.63, 3.8) is 0 Å². The van der Waals surface area contributed by atoms with Crippen LogP contribution in [0.25, 0.3) is 0 Å². The molecule has 3 rings (SSSR count). The van der Waals surface area contributed by atoms with Crippen molar-refractivity contribution in [3.8, 4) is 0 Å². The number of hydrogen-bond acceptors (Lipinski definition) is 4. The minimum atomic E-state index is -0.280. The van der Waals surface area contributed by atoms with Crippen LogP contribution in [0.5, 0.6) is 0 Å². The molecule has 1 amide bonds. The van der Waals surface area contributed by atoms with E-state index in [-0.39, 0.29) is 11.2 Å². The predicted octanol–water partition coefficient (Wildman–Crippen LogP) is 4.14. The van der Waals surface area contributed by atoms with E-state index < -0.39 is 0 Å². The molecule has 140 valence electrons. The van der Waals surface area contributed by atoms with E-state index >= 15 is 0 Å². The fraction of sp³-hybridized carbons (Fsp3) is 0.286. The summed E-state index contributed by atoms with van der Waals surface area (Å²) < 4.78 is 1.96. The lowest BCUT2D eigenvalue weighted by Gasteiger charge is -2.14. The number of benzene rings is 2. The van der Waals surface area contributed by atoms with Crippen molar-refractivity contribution in [2.75, 3.05) is 5.32 Å². The Morgan fingerprint density at radius 2 is 1.89 bits per heavy atom. The average molecular weight is 381 g/mol. The Morgan fingerprint density at radius 3 is 2.63 bits per heavy atom. The van der Waals surface area contributed by atoms with Crippen molar-refractivity contribution in [2.45, 2.75) is 37.6 Å². The van der Waals surface area contributed by atoms with Gasteiger partial charge in [-0.3, -0.25) is 4.79 Å². The standard InChI is InChI=1S/C21H24N4OS/c1-14-10-11-15(2)18(12-14)22-20(26)16(3)27-21-24-23-19(25(21)4)13-17-8-6-5-7-9-17/h5-12,16H,13H2,1-4H3,(H,22,26)/t16-/m1/s1. The summed E-state index contributed by atoms with van der Waals surface area (Å²) in [6.45, 7) is 5.89. The maximum absolute atomic E-state index is 12.6. The number of nitrogens with zero attached hydrogens (tertiary/aromatic N) is 3. The van der Waals surface area contributed by atoms with Crippen LogP contribution in [0.1, 0.15) is 29.4 Å². The molecule has 2 aromatic carbocycles. The molecule has 0 aliphatic carbocycles. The molecule has 1 N–H and O–H groups in total. The summed E-state index contributed by atoms with van der Waals surface area (Å²) in [6.07, 6.45) is 0.716. The third-order valence-corrected chi connectivity index (χ3v) is 5.57. The quantitative estimate of drug-likeness (QED) is 0.653. The minimum Gasteiger partial charge on any atom is -0.325 e. The number of amides is 1. The molecule has 0 bridgehead atoms. The van der Waals surface area contributed by atoms with E-state index in [4.69, 9.17) is 0 Å². The van der Waals surface area contributed by atoms with Gasteiger partial charge in [0, 0.05) is 19.2 Å². The third kappa shape index (κ3) is 4.77. The molecule has 3 aromatic rings. The number of anilines is 1. The molecule has 0 aliphatic rings. The van der Waals surface area contributed by atoms with Crippen LogP contribution in [-0.4, -0.2) is 25.9 Å². The lowest BCUT2D eigenvalue weighted by atomic mass is 10.1. The highest BCUT2D eigenvalue weighted by molar-refractivity contribution is 8.00. The molecular weight excluding hydrogens is 356 g/mol. The molecule has 0 spiro atoms. The second kappa shape index (κ2) is 8.39. The molecule has 1 atom stereocenters. The second-order valence-corrected chi connectivity index (χ2v) is 8.00. The topological polar surface area (TPSA) is 59.8 Å². The maximum atomic E-state index is 12.6. The summed E-state index contributed by atoms with van der Waals surface area (Å²) in [7, 11) is 1.94. The van der Waals surface area contributed by atoms with Crippen LogP contribution in [0.4, 0.5) is 5.69 Å². The zero-order chi connectivity index (χ0) is 19.4. The normalized spacial score (nSPS) is 12.0. The van der Waals surface area contributed by atoms with Gasteiger partial charge < -0.3 is 9.88 Å². The second-order valence-electron chi connectivity index (χ2n) is 6.69. The number of rotatable bonds is 6. The SMILES string of the molecule is Cc1ccc(C)c(NC(=O)[C@@H](C)Sc2nnc(Cc3ccccc3)n2C)c1. The molecule has 0 unspecified atom stereocenters. The fourth-order valence-electron chi connectivity index (χ4n) is 2.70. The van der Waals surface area contributed by atoms with Gasteiger partial charge in [0.25, 0.3) is 0 Å². The number of thioether (sulfide) groups is 1. The molecule has 27 heavy (non-hydrogen) atoms. The van der Waals surface area contributed by atoms with Gasteiger partial charge in [0.2, 0.25) is 5.91 Å². The first-order valence-corrected chi connectivity index (χ1v) is 9.79. The molecule has 0 saturated heterocycles. The zero-order valence-electron chi connectivity index (χ0n) is 16.1. The van der Waals surface area contributed by atoms with Gasteiger partial charge in [-0.2, -0.15) is 0 Å². The molecule has 0 saturated carbocycles. The highest BCUT2D eigenvalue weighted by Crippen LogP contribution is 2.24. The highest BCUT2D eigenvalue weighted by atomic mass is 32.2. The van der Waals surface area contributed by atoms with Gasteiger partial charge in [-0.05, 0) is 43.5 Å². The van der Waals surface area contributed by atoms with Crippen LogP contribution in [0, 0.1) is 13.8 Å². The Kier molecular flexibility index (Phi) is 5.96. The van der Waals surface area contributed by atoms with Gasteiger partial charge in [-0.1, -0.05) is 54.2 Å². The van der Waals surface area contributed by atoms with E-state index in [1.165, 1.54) is 17.3 Å². The molecule has 1 heterocycles. The van der Waals surface area contributed by atoms with E-state index in [1.807, 2.05) is 68.8 Å². The number of hydrogen-bond donors (Lipinski definition) is 1. The Bertz CT molecular complexity index is 937. The molecule has 6 heteroatoms. The Labute approximate surface area is 164 Å². The monoisotopic (exact) mass is 380 g/mol. The molecule has 1 aromatic heterocycles. The summed E-state index contributed by atoms with van der Waals surface area (Å²) in [5.41, 5.74) is 4.21. The third-order valence-electron chi connectivity index (χ3n) is 4.43. The van der Waals surface area contributed by atoms with Crippen LogP contribution < -0.4 is 5.32 Å². The van der Waals surface area contributed by atoms with E-state index in [9.17, 15) is 4.79 Å². The summed E-state index contributed by atoms with van der Waals surface area (Å²) in [5.74, 6) is 0.840. The Hall–Kier alpha value is -2.60. The lowest BCUT2D eigenvalue weighted by Crippen LogP contribution is -2.23. The largest absolute Gasteiger partial charge is 0.325 e. The van der Waals surface area contributed by atoms with Gasteiger partial charge in [-0.25, -0.2) is 0 Å². The smallest absolute Gasteiger partial charge is 0.237 e. The van der Waals surface area contributed by atoms with Gasteiger partial charge >= 0.3 is 0 Å². The van der Waals surface area contributed by atoms with Crippen LogP contribution in [0.15, 0.2) is 53.7 Å². The fourth-order valence-corrected chi connectivity index (χ4v) is 3.53. The number of nitrogens with one attached hydrogen (secondary N) is 1. The summed E-state index contributed by atoms with van der Waals surface area (Å²) in [6, 6.07) is 16.2. The van der Waals surface area contributed by atoms with E-state index in [1.54, 1.807) is 0 Å².